The van der Waals surface area contributed by atoms with Gasteiger partial charge < -0.3 is 10.1 Å². The van der Waals surface area contributed by atoms with Gasteiger partial charge in [0.15, 0.2) is 5.11 Å². The van der Waals surface area contributed by atoms with Crippen molar-refractivity contribution in [2.24, 2.45) is 0 Å². The van der Waals surface area contributed by atoms with Gasteiger partial charge in [-0.25, -0.2) is 0 Å². The summed E-state index contributed by atoms with van der Waals surface area (Å²) in [6.07, 6.45) is 0.875. The Balaban J connectivity index is 2.04. The molecule has 136 valence electrons. The third-order valence-electron chi connectivity index (χ3n) is 3.23. The standard InChI is InChI=1S/C17H16BrN3O4S/c1-2-9-25-15-8-7-11(10-12(15)18)16(22)20-17(26)19-13-5-3-4-6-14(13)21(23)24/h3-8,10H,2,9H2,1H3,(H2,19,20,22,26). The Morgan fingerprint density at radius 2 is 2.04 bits per heavy atom. The van der Waals surface area contributed by atoms with Crippen LogP contribution in [0.4, 0.5) is 11.4 Å². The molecule has 0 aliphatic heterocycles. The molecule has 0 aromatic heterocycles. The summed E-state index contributed by atoms with van der Waals surface area (Å²) in [5.74, 6) is 0.202. The highest BCUT2D eigenvalue weighted by atomic mass is 79.9. The van der Waals surface area contributed by atoms with Gasteiger partial charge in [0.2, 0.25) is 0 Å². The predicted molar refractivity (Wildman–Crippen MR) is 107 cm³/mol. The van der Waals surface area contributed by atoms with E-state index < -0.39 is 10.8 Å². The van der Waals surface area contributed by atoms with Crippen LogP contribution < -0.4 is 15.4 Å². The van der Waals surface area contributed by atoms with Crippen LogP contribution in [0.25, 0.3) is 0 Å². The molecule has 2 rings (SSSR count). The smallest absolute Gasteiger partial charge is 0.292 e. The molecule has 0 saturated heterocycles. The Labute approximate surface area is 164 Å². The first-order chi connectivity index (χ1) is 12.4. The zero-order valence-electron chi connectivity index (χ0n) is 13.8. The summed E-state index contributed by atoms with van der Waals surface area (Å²) in [5.41, 5.74) is 0.434. The molecule has 0 heterocycles. The van der Waals surface area contributed by atoms with Crippen LogP contribution in [0.3, 0.4) is 0 Å². The molecule has 2 N–H and O–H groups in total. The highest BCUT2D eigenvalue weighted by Gasteiger charge is 2.15. The maximum Gasteiger partial charge on any atom is 0.292 e. The second kappa shape index (κ2) is 9.25. The Kier molecular flexibility index (Phi) is 7.05. The fourth-order valence-corrected chi connectivity index (χ4v) is 2.73. The summed E-state index contributed by atoms with van der Waals surface area (Å²) in [4.78, 5) is 22.8. The van der Waals surface area contributed by atoms with Crippen LogP contribution in [0.5, 0.6) is 5.75 Å². The summed E-state index contributed by atoms with van der Waals surface area (Å²) in [5, 5.41) is 16.1. The van der Waals surface area contributed by atoms with Gasteiger partial charge in [-0.3, -0.25) is 20.2 Å². The number of carbonyl (C=O) groups is 1. The van der Waals surface area contributed by atoms with Gasteiger partial charge in [0.05, 0.1) is 16.0 Å². The average molecular weight is 438 g/mol. The van der Waals surface area contributed by atoms with Gasteiger partial charge in [-0.2, -0.15) is 0 Å². The van der Waals surface area contributed by atoms with Gasteiger partial charge >= 0.3 is 0 Å². The fourth-order valence-electron chi connectivity index (χ4n) is 2.04. The monoisotopic (exact) mass is 437 g/mol. The molecule has 26 heavy (non-hydrogen) atoms. The highest BCUT2D eigenvalue weighted by Crippen LogP contribution is 2.26. The highest BCUT2D eigenvalue weighted by molar-refractivity contribution is 9.10. The van der Waals surface area contributed by atoms with E-state index in [-0.39, 0.29) is 16.5 Å². The zero-order valence-corrected chi connectivity index (χ0v) is 16.2. The minimum atomic E-state index is -0.529. The van der Waals surface area contributed by atoms with Gasteiger partial charge in [0.25, 0.3) is 11.6 Å². The molecule has 0 spiro atoms. The number of thiocarbonyl (C=S) groups is 1. The number of rotatable bonds is 6. The van der Waals surface area contributed by atoms with Crippen molar-refractivity contribution in [2.75, 3.05) is 11.9 Å². The predicted octanol–water partition coefficient (Wildman–Crippen LogP) is 4.27. The van der Waals surface area contributed by atoms with E-state index in [0.29, 0.717) is 22.4 Å². The fraction of sp³-hybridized carbons (Fsp3) is 0.176. The van der Waals surface area contributed by atoms with E-state index in [1.807, 2.05) is 6.92 Å². The summed E-state index contributed by atoms with van der Waals surface area (Å²) < 4.78 is 6.19. The lowest BCUT2D eigenvalue weighted by molar-refractivity contribution is -0.383. The molecule has 0 saturated carbocycles. The maximum absolute atomic E-state index is 12.3. The van der Waals surface area contributed by atoms with E-state index in [2.05, 4.69) is 26.6 Å². The van der Waals surface area contributed by atoms with Crippen molar-refractivity contribution in [3.05, 3.63) is 62.6 Å². The van der Waals surface area contributed by atoms with Gasteiger partial charge in [-0.05, 0) is 58.8 Å². The number of nitrogens with one attached hydrogen (secondary N) is 2. The van der Waals surface area contributed by atoms with Crippen molar-refractivity contribution < 1.29 is 14.5 Å². The molecule has 0 unspecified atom stereocenters. The number of carbonyl (C=O) groups excluding carboxylic acids is 1. The normalized spacial score (nSPS) is 10.1. The Morgan fingerprint density at radius 3 is 2.69 bits per heavy atom. The van der Waals surface area contributed by atoms with Crippen molar-refractivity contribution >= 4 is 50.5 Å². The lowest BCUT2D eigenvalue weighted by Gasteiger charge is -2.11. The summed E-state index contributed by atoms with van der Waals surface area (Å²) in [6.45, 7) is 2.58. The van der Waals surface area contributed by atoms with Gasteiger partial charge in [-0.15, -0.1) is 0 Å². The lowest BCUT2D eigenvalue weighted by atomic mass is 10.2. The van der Waals surface area contributed by atoms with E-state index >= 15 is 0 Å². The quantitative estimate of drug-likeness (QED) is 0.398. The lowest BCUT2D eigenvalue weighted by Crippen LogP contribution is -2.34. The number of nitrogens with zero attached hydrogens (tertiary/aromatic N) is 1. The zero-order chi connectivity index (χ0) is 19.1. The number of ether oxygens (including phenoxy) is 1. The molecule has 7 nitrogen and oxygen atoms in total. The van der Waals surface area contributed by atoms with Crippen LogP contribution >= 0.6 is 28.1 Å². The first kappa shape index (κ1) is 19.8. The van der Waals surface area contributed by atoms with Crippen LogP contribution in [0, 0.1) is 10.1 Å². The number of halogens is 1. The second-order valence-electron chi connectivity index (χ2n) is 5.18. The second-order valence-corrected chi connectivity index (χ2v) is 6.44. The van der Waals surface area contributed by atoms with Crippen LogP contribution in [0.15, 0.2) is 46.9 Å². The number of amides is 1. The number of benzene rings is 2. The number of para-hydroxylation sites is 2. The molecular weight excluding hydrogens is 422 g/mol. The van der Waals surface area contributed by atoms with Crippen molar-refractivity contribution in [1.29, 1.82) is 0 Å². The number of hydrogen-bond acceptors (Lipinski definition) is 5. The molecule has 0 fully saturated rings. The summed E-state index contributed by atoms with van der Waals surface area (Å²) >= 11 is 8.43. The Hall–Kier alpha value is -2.52. The van der Waals surface area contributed by atoms with Crippen LogP contribution in [0.1, 0.15) is 23.7 Å². The van der Waals surface area contributed by atoms with Crippen LogP contribution in [0.2, 0.25) is 0 Å². The number of anilines is 1. The van der Waals surface area contributed by atoms with E-state index in [0.717, 1.165) is 6.42 Å². The minimum absolute atomic E-state index is 0.0354. The van der Waals surface area contributed by atoms with Crippen molar-refractivity contribution in [3.8, 4) is 5.75 Å². The van der Waals surface area contributed by atoms with Crippen LogP contribution in [-0.4, -0.2) is 22.5 Å². The van der Waals surface area contributed by atoms with Gasteiger partial charge in [0, 0.05) is 11.6 Å². The van der Waals surface area contributed by atoms with Crippen molar-refractivity contribution in [2.45, 2.75) is 13.3 Å². The van der Waals surface area contributed by atoms with Gasteiger partial charge in [0.1, 0.15) is 11.4 Å². The first-order valence-electron chi connectivity index (χ1n) is 7.70. The molecule has 2 aromatic rings. The third kappa shape index (κ3) is 5.24. The van der Waals surface area contributed by atoms with E-state index in [1.165, 1.54) is 12.1 Å². The molecule has 2 aromatic carbocycles. The Bertz CT molecular complexity index is 845. The summed E-state index contributed by atoms with van der Waals surface area (Å²) in [7, 11) is 0. The van der Waals surface area contributed by atoms with Gasteiger partial charge in [-0.1, -0.05) is 19.1 Å². The summed E-state index contributed by atoms with van der Waals surface area (Å²) in [6, 6.07) is 10.9. The first-order valence-corrected chi connectivity index (χ1v) is 8.90. The maximum atomic E-state index is 12.3. The van der Waals surface area contributed by atoms with E-state index in [9.17, 15) is 14.9 Å². The van der Waals surface area contributed by atoms with Crippen LogP contribution in [-0.2, 0) is 0 Å². The SMILES string of the molecule is CCCOc1ccc(C(=O)NC(=S)Nc2ccccc2[N+](=O)[O-])cc1Br. The number of nitro benzene ring substituents is 1. The molecule has 9 heteroatoms. The third-order valence-corrected chi connectivity index (χ3v) is 4.06. The number of nitro groups is 1. The largest absolute Gasteiger partial charge is 0.492 e. The Morgan fingerprint density at radius 1 is 1.31 bits per heavy atom. The minimum Gasteiger partial charge on any atom is -0.492 e. The molecule has 1 amide bonds. The molecule has 0 aliphatic carbocycles. The molecular formula is C17H16BrN3O4S. The topological polar surface area (TPSA) is 93.5 Å². The molecule has 0 bridgehead atoms. The molecule has 0 radical (unpaired) electrons. The van der Waals surface area contributed by atoms with Crippen molar-refractivity contribution in [1.82, 2.24) is 5.32 Å². The van der Waals surface area contributed by atoms with E-state index in [1.54, 1.807) is 30.3 Å². The molecule has 0 aliphatic rings. The molecule has 0 atom stereocenters. The average Bonchev–Trinajstić information content (AvgIpc) is 2.60. The van der Waals surface area contributed by atoms with Crippen molar-refractivity contribution in [3.63, 3.8) is 0 Å². The van der Waals surface area contributed by atoms with E-state index in [4.69, 9.17) is 17.0 Å². The number of hydrogen-bond donors (Lipinski definition) is 2.